The first-order chi connectivity index (χ1) is 5.88. The smallest absolute Gasteiger partial charge is 0.392 e. The standard InChI is InChI=1S/C5H10NO6P/c7-3-1-4(6-2-3)5(8)12-13(9,10)11/h3-4,6-7H,1-2H2,(H2,9,10,11)/t3?,4-/m0/s1. The van der Waals surface area contributed by atoms with Crippen LogP contribution in [-0.2, 0) is 13.9 Å². The van der Waals surface area contributed by atoms with E-state index in [-0.39, 0.29) is 13.0 Å². The van der Waals surface area contributed by atoms with E-state index in [1.165, 1.54) is 0 Å². The van der Waals surface area contributed by atoms with Crippen LogP contribution in [0.3, 0.4) is 0 Å². The second-order valence-electron chi connectivity index (χ2n) is 2.75. The van der Waals surface area contributed by atoms with Crippen LogP contribution < -0.4 is 5.32 Å². The Morgan fingerprint density at radius 1 is 1.54 bits per heavy atom. The average molecular weight is 211 g/mol. The molecule has 0 saturated carbocycles. The molecule has 1 aliphatic rings. The number of hydrogen-bond acceptors (Lipinski definition) is 5. The number of phosphoric acid groups is 1. The van der Waals surface area contributed by atoms with Crippen molar-refractivity contribution in [1.82, 2.24) is 5.32 Å². The average Bonchev–Trinajstić information content (AvgIpc) is 2.31. The van der Waals surface area contributed by atoms with Crippen molar-refractivity contribution in [2.45, 2.75) is 18.6 Å². The van der Waals surface area contributed by atoms with Crippen LogP contribution in [0.2, 0.25) is 0 Å². The van der Waals surface area contributed by atoms with Gasteiger partial charge in [-0.05, 0) is 0 Å². The molecule has 4 N–H and O–H groups in total. The highest BCUT2D eigenvalue weighted by atomic mass is 31.2. The van der Waals surface area contributed by atoms with Gasteiger partial charge >= 0.3 is 13.8 Å². The topological polar surface area (TPSA) is 116 Å². The van der Waals surface area contributed by atoms with Gasteiger partial charge in [0.25, 0.3) is 0 Å². The molecule has 1 rings (SSSR count). The lowest BCUT2D eigenvalue weighted by Gasteiger charge is -2.09. The zero-order chi connectivity index (χ0) is 10.1. The van der Waals surface area contributed by atoms with E-state index in [0.717, 1.165) is 0 Å². The zero-order valence-corrected chi connectivity index (χ0v) is 7.48. The van der Waals surface area contributed by atoms with E-state index < -0.39 is 25.9 Å². The van der Waals surface area contributed by atoms with Crippen LogP contribution in [0.25, 0.3) is 0 Å². The lowest BCUT2D eigenvalue weighted by molar-refractivity contribution is -0.137. The van der Waals surface area contributed by atoms with Crippen LogP contribution in [0.4, 0.5) is 0 Å². The molecule has 76 valence electrons. The number of carbonyl (C=O) groups is 1. The van der Waals surface area contributed by atoms with E-state index in [0.29, 0.717) is 0 Å². The Balaban J connectivity index is 2.45. The van der Waals surface area contributed by atoms with E-state index in [4.69, 9.17) is 14.9 Å². The molecular weight excluding hydrogens is 201 g/mol. The summed E-state index contributed by atoms with van der Waals surface area (Å²) in [4.78, 5) is 27.5. The first-order valence-electron chi connectivity index (χ1n) is 3.59. The molecule has 7 nitrogen and oxygen atoms in total. The van der Waals surface area contributed by atoms with Crippen LogP contribution >= 0.6 is 7.82 Å². The van der Waals surface area contributed by atoms with Gasteiger partial charge in [0.15, 0.2) is 0 Å². The van der Waals surface area contributed by atoms with Crippen molar-refractivity contribution in [3.63, 3.8) is 0 Å². The van der Waals surface area contributed by atoms with Gasteiger partial charge in [-0.2, -0.15) is 0 Å². The van der Waals surface area contributed by atoms with Crippen molar-refractivity contribution >= 4 is 13.8 Å². The van der Waals surface area contributed by atoms with E-state index in [1.807, 2.05) is 0 Å². The molecule has 8 heteroatoms. The Hall–Kier alpha value is -0.460. The Bertz CT molecular complexity index is 249. The van der Waals surface area contributed by atoms with Crippen molar-refractivity contribution in [3.8, 4) is 0 Å². The highest BCUT2D eigenvalue weighted by Crippen LogP contribution is 2.36. The van der Waals surface area contributed by atoms with Gasteiger partial charge in [0, 0.05) is 13.0 Å². The molecule has 0 spiro atoms. The minimum atomic E-state index is -4.77. The molecule has 1 fully saturated rings. The highest BCUT2D eigenvalue weighted by molar-refractivity contribution is 7.46. The molecule has 0 aromatic heterocycles. The minimum Gasteiger partial charge on any atom is -0.392 e. The predicted octanol–water partition coefficient (Wildman–Crippen LogP) is -1.65. The number of β-amino-alcohol motifs (C(OH)–C–C–N with tert-alkyl or cyclic N) is 1. The third-order valence-electron chi connectivity index (χ3n) is 1.60. The molecule has 1 aliphatic heterocycles. The highest BCUT2D eigenvalue weighted by Gasteiger charge is 2.33. The molecule has 0 aliphatic carbocycles. The second-order valence-corrected chi connectivity index (χ2v) is 3.91. The van der Waals surface area contributed by atoms with Crippen molar-refractivity contribution in [3.05, 3.63) is 0 Å². The van der Waals surface area contributed by atoms with Crippen molar-refractivity contribution in [2.75, 3.05) is 6.54 Å². The summed E-state index contributed by atoms with van der Waals surface area (Å²) >= 11 is 0. The molecule has 1 unspecified atom stereocenters. The largest absolute Gasteiger partial charge is 0.527 e. The lowest BCUT2D eigenvalue weighted by atomic mass is 10.2. The predicted molar refractivity (Wildman–Crippen MR) is 40.6 cm³/mol. The monoisotopic (exact) mass is 211 g/mol. The van der Waals surface area contributed by atoms with Crippen LogP contribution in [0.5, 0.6) is 0 Å². The Morgan fingerprint density at radius 2 is 2.15 bits per heavy atom. The third kappa shape index (κ3) is 3.41. The summed E-state index contributed by atoms with van der Waals surface area (Å²) in [5.74, 6) is -1.04. The van der Waals surface area contributed by atoms with Gasteiger partial charge < -0.3 is 14.9 Å². The van der Waals surface area contributed by atoms with Gasteiger partial charge in [-0.25, -0.2) is 9.36 Å². The molecule has 0 aromatic carbocycles. The molecule has 2 atom stereocenters. The SMILES string of the molecule is O=C(OP(=O)(O)O)[C@@H]1CC(O)CN1. The number of rotatable bonds is 2. The summed E-state index contributed by atoms with van der Waals surface area (Å²) in [6.07, 6.45) is -0.562. The molecule has 0 bridgehead atoms. The van der Waals surface area contributed by atoms with Crippen LogP contribution in [-0.4, -0.2) is 39.6 Å². The maximum absolute atomic E-state index is 10.9. The molecule has 1 saturated heterocycles. The summed E-state index contributed by atoms with van der Waals surface area (Å²) in [5.41, 5.74) is 0. The van der Waals surface area contributed by atoms with Crippen LogP contribution in [0.15, 0.2) is 0 Å². The Morgan fingerprint density at radius 3 is 2.54 bits per heavy atom. The van der Waals surface area contributed by atoms with Crippen molar-refractivity contribution in [2.24, 2.45) is 0 Å². The number of aliphatic hydroxyl groups excluding tert-OH is 1. The van der Waals surface area contributed by atoms with Crippen molar-refractivity contribution < 1.29 is 28.8 Å². The number of phosphoric ester groups is 1. The summed E-state index contributed by atoms with van der Waals surface area (Å²) in [6, 6.07) is -0.831. The summed E-state index contributed by atoms with van der Waals surface area (Å²) in [7, 11) is -4.77. The van der Waals surface area contributed by atoms with Gasteiger partial charge in [-0.15, -0.1) is 0 Å². The van der Waals surface area contributed by atoms with Gasteiger partial charge in [-0.3, -0.25) is 9.79 Å². The molecule has 0 radical (unpaired) electrons. The van der Waals surface area contributed by atoms with Crippen molar-refractivity contribution in [1.29, 1.82) is 0 Å². The van der Waals surface area contributed by atoms with Crippen LogP contribution in [0, 0.1) is 0 Å². The van der Waals surface area contributed by atoms with Gasteiger partial charge in [0.2, 0.25) is 0 Å². The lowest BCUT2D eigenvalue weighted by Crippen LogP contribution is -2.31. The Kier molecular flexibility index (Phi) is 3.05. The van der Waals surface area contributed by atoms with E-state index in [9.17, 15) is 9.36 Å². The normalized spacial score (nSPS) is 28.8. The number of carbonyl (C=O) groups excluding carboxylic acids is 1. The zero-order valence-electron chi connectivity index (χ0n) is 6.58. The second kappa shape index (κ2) is 3.73. The first-order valence-corrected chi connectivity index (χ1v) is 5.12. The fraction of sp³-hybridized carbons (Fsp3) is 0.800. The number of aliphatic hydroxyl groups is 1. The molecule has 0 aromatic rings. The Labute approximate surface area is 74.0 Å². The van der Waals surface area contributed by atoms with E-state index >= 15 is 0 Å². The number of nitrogens with one attached hydrogen (secondary N) is 1. The molecule has 0 amide bonds. The maximum atomic E-state index is 10.9. The van der Waals surface area contributed by atoms with Gasteiger partial charge in [0.05, 0.1) is 6.10 Å². The van der Waals surface area contributed by atoms with Crippen LogP contribution in [0.1, 0.15) is 6.42 Å². The minimum absolute atomic E-state index is 0.110. The quantitative estimate of drug-likeness (QED) is 0.404. The maximum Gasteiger partial charge on any atom is 0.527 e. The van der Waals surface area contributed by atoms with Gasteiger partial charge in [0.1, 0.15) is 6.04 Å². The molecule has 1 heterocycles. The summed E-state index contributed by atoms with van der Waals surface area (Å²) < 4.78 is 14.1. The fourth-order valence-corrected chi connectivity index (χ4v) is 1.44. The third-order valence-corrected chi connectivity index (χ3v) is 2.02. The summed E-state index contributed by atoms with van der Waals surface area (Å²) in [6.45, 7) is 0.223. The van der Waals surface area contributed by atoms with E-state index in [2.05, 4.69) is 9.84 Å². The van der Waals surface area contributed by atoms with E-state index in [1.54, 1.807) is 0 Å². The number of hydrogen-bond donors (Lipinski definition) is 4. The molecule has 13 heavy (non-hydrogen) atoms. The fourth-order valence-electron chi connectivity index (χ4n) is 1.08. The first kappa shape index (κ1) is 10.6. The molecular formula is C5H10NO6P. The summed E-state index contributed by atoms with van der Waals surface area (Å²) in [5, 5.41) is 11.5. The van der Waals surface area contributed by atoms with Gasteiger partial charge in [-0.1, -0.05) is 0 Å².